The summed E-state index contributed by atoms with van der Waals surface area (Å²) in [5.41, 5.74) is -1.58. The Morgan fingerprint density at radius 2 is 1.95 bits per heavy atom. The molecular weight excluding hydrogens is 496 g/mol. The number of hydrogen-bond donors (Lipinski definition) is 1. The number of rotatable bonds is 10. The molecule has 8 nitrogen and oxygen atoms in total. The van der Waals surface area contributed by atoms with Crippen molar-refractivity contribution in [3.05, 3.63) is 54.6 Å². The number of hydrogen-bond acceptors (Lipinski definition) is 6. The Hall–Kier alpha value is -2.68. The van der Waals surface area contributed by atoms with E-state index < -0.39 is 41.1 Å². The molecule has 1 N–H and O–H groups in total. The second-order valence-corrected chi connectivity index (χ2v) is 11.0. The fourth-order valence-corrected chi connectivity index (χ4v) is 6.56. The summed E-state index contributed by atoms with van der Waals surface area (Å²) in [4.78, 5) is 44.9. The lowest BCUT2D eigenvalue weighted by Crippen LogP contribution is -2.60. The van der Waals surface area contributed by atoms with Crippen LogP contribution in [0.15, 0.2) is 49.6 Å². The van der Waals surface area contributed by atoms with Gasteiger partial charge in [-0.15, -0.1) is 6.58 Å². The fourth-order valence-electron chi connectivity index (χ4n) is 6.43. The highest BCUT2D eigenvalue weighted by molar-refractivity contribution is 6.30. The molecule has 3 fully saturated rings. The molecule has 0 saturated carbocycles. The number of fused-ring (bicyclic) bond motifs is 1. The Labute approximate surface area is 222 Å². The normalized spacial score (nSPS) is 30.8. The highest BCUT2D eigenvalue weighted by atomic mass is 35.5. The number of aliphatic hydroxyl groups excluding tert-OH is 1. The van der Waals surface area contributed by atoms with Crippen LogP contribution in [0.2, 0.25) is 5.02 Å². The number of benzene rings is 1. The predicted molar refractivity (Wildman–Crippen MR) is 140 cm³/mol. The number of nitrogens with zero attached hydrogens (tertiary/aromatic N) is 2. The molecule has 2 amide bonds. The van der Waals surface area contributed by atoms with Crippen LogP contribution in [0, 0.1) is 17.8 Å². The lowest BCUT2D eigenvalue weighted by atomic mass is 9.66. The molecule has 3 aliphatic rings. The lowest BCUT2D eigenvalue weighted by molar-refractivity contribution is -0.160. The topological polar surface area (TPSA) is 96.4 Å². The SMILES string of the molecule is C=CCOC(=O)[C@H]1[C@H]2C(=O)N([C@@H](CO)C(C)C)C(C(=O)N(CC=C)c3ccc(Cl)cc3)C23CC[C@]1(C)O3. The molecule has 4 rings (SSSR count). The number of carbonyl (C=O) groups excluding carboxylic acids is 3. The van der Waals surface area contributed by atoms with Crippen molar-refractivity contribution in [1.82, 2.24) is 4.90 Å². The molecular formula is C28H35ClN2O6. The zero-order valence-corrected chi connectivity index (χ0v) is 22.3. The standard InChI is InChI=1S/C28H35ClN2O6/c1-6-14-30(19-10-8-18(29)9-11-19)25(34)23-28-13-12-27(5,37-28)22(26(35)36-15-7-2)21(28)24(33)31(23)20(16-32)17(3)4/h6-11,17,20-23,32H,1-2,12-16H2,3-5H3/t20-,21-,22+,23?,27-,28?/m0/s1. The third-order valence-corrected chi connectivity index (χ3v) is 8.33. The van der Waals surface area contributed by atoms with E-state index in [0.29, 0.717) is 23.6 Å². The summed E-state index contributed by atoms with van der Waals surface area (Å²) >= 11 is 6.08. The zero-order chi connectivity index (χ0) is 27.1. The Morgan fingerprint density at radius 1 is 1.27 bits per heavy atom. The highest BCUT2D eigenvalue weighted by Crippen LogP contribution is 2.64. The van der Waals surface area contributed by atoms with E-state index in [9.17, 15) is 19.5 Å². The third kappa shape index (κ3) is 4.29. The molecule has 200 valence electrons. The first-order valence-electron chi connectivity index (χ1n) is 12.6. The molecule has 9 heteroatoms. The minimum atomic E-state index is -1.23. The van der Waals surface area contributed by atoms with Gasteiger partial charge in [0.2, 0.25) is 5.91 Å². The van der Waals surface area contributed by atoms with Crippen molar-refractivity contribution in [2.45, 2.75) is 56.9 Å². The molecule has 1 aromatic rings. The predicted octanol–water partition coefficient (Wildman–Crippen LogP) is 3.37. The van der Waals surface area contributed by atoms with Crippen LogP contribution in [-0.4, -0.2) is 70.8 Å². The summed E-state index contributed by atoms with van der Waals surface area (Å²) in [5.74, 6) is -3.20. The van der Waals surface area contributed by atoms with E-state index in [1.165, 1.54) is 11.0 Å². The quantitative estimate of drug-likeness (QED) is 0.368. The van der Waals surface area contributed by atoms with Crippen molar-refractivity contribution in [1.29, 1.82) is 0 Å². The van der Waals surface area contributed by atoms with E-state index in [4.69, 9.17) is 21.1 Å². The number of halogens is 1. The van der Waals surface area contributed by atoms with Gasteiger partial charge in [0.25, 0.3) is 5.91 Å². The van der Waals surface area contributed by atoms with E-state index in [0.717, 1.165) is 0 Å². The van der Waals surface area contributed by atoms with E-state index in [-0.39, 0.29) is 37.5 Å². The number of amides is 2. The molecule has 3 heterocycles. The summed E-state index contributed by atoms with van der Waals surface area (Å²) in [6.45, 7) is 12.9. The Morgan fingerprint density at radius 3 is 2.51 bits per heavy atom. The van der Waals surface area contributed by atoms with Gasteiger partial charge in [0.05, 0.1) is 24.2 Å². The second kappa shape index (κ2) is 10.2. The van der Waals surface area contributed by atoms with Crippen molar-refractivity contribution in [2.24, 2.45) is 17.8 Å². The summed E-state index contributed by atoms with van der Waals surface area (Å²) in [6.07, 6.45) is 4.00. The minimum absolute atomic E-state index is 0.0142. The van der Waals surface area contributed by atoms with Crippen molar-refractivity contribution >= 4 is 35.1 Å². The molecule has 1 aromatic carbocycles. The Balaban J connectivity index is 1.84. The van der Waals surface area contributed by atoms with Gasteiger partial charge in [-0.1, -0.05) is 44.2 Å². The largest absolute Gasteiger partial charge is 0.461 e. The molecule has 0 aliphatic carbocycles. The van der Waals surface area contributed by atoms with Crippen LogP contribution in [0.1, 0.15) is 33.6 Å². The summed E-state index contributed by atoms with van der Waals surface area (Å²) < 4.78 is 12.0. The first-order valence-corrected chi connectivity index (χ1v) is 13.0. The van der Waals surface area contributed by atoms with Gasteiger partial charge in [-0.3, -0.25) is 14.4 Å². The van der Waals surface area contributed by atoms with Crippen molar-refractivity contribution < 1.29 is 29.0 Å². The van der Waals surface area contributed by atoms with Gasteiger partial charge >= 0.3 is 5.97 Å². The van der Waals surface area contributed by atoms with Crippen LogP contribution in [0.4, 0.5) is 5.69 Å². The van der Waals surface area contributed by atoms with Crippen molar-refractivity contribution in [2.75, 3.05) is 24.7 Å². The lowest BCUT2D eigenvalue weighted by Gasteiger charge is -2.40. The van der Waals surface area contributed by atoms with Gasteiger partial charge < -0.3 is 24.4 Å². The smallest absolute Gasteiger partial charge is 0.313 e. The van der Waals surface area contributed by atoms with Gasteiger partial charge in [0.15, 0.2) is 0 Å². The molecule has 6 atom stereocenters. The number of likely N-dealkylation sites (tertiary alicyclic amines) is 1. The second-order valence-electron chi connectivity index (χ2n) is 10.6. The average molecular weight is 531 g/mol. The monoisotopic (exact) mass is 530 g/mol. The first-order chi connectivity index (χ1) is 17.6. The number of aliphatic hydroxyl groups is 1. The maximum absolute atomic E-state index is 14.5. The van der Waals surface area contributed by atoms with Crippen LogP contribution in [0.5, 0.6) is 0 Å². The molecule has 1 spiro atoms. The molecule has 2 bridgehead atoms. The van der Waals surface area contributed by atoms with Crippen LogP contribution in [0.25, 0.3) is 0 Å². The number of anilines is 1. The highest BCUT2D eigenvalue weighted by Gasteiger charge is 2.79. The van der Waals surface area contributed by atoms with Gasteiger partial charge in [-0.05, 0) is 49.9 Å². The Bertz CT molecular complexity index is 1090. The van der Waals surface area contributed by atoms with Crippen LogP contribution in [-0.2, 0) is 23.9 Å². The average Bonchev–Trinajstić information content (AvgIpc) is 3.43. The molecule has 2 unspecified atom stereocenters. The number of carbonyl (C=O) groups is 3. The van der Waals surface area contributed by atoms with Gasteiger partial charge in [0, 0.05) is 17.3 Å². The van der Waals surface area contributed by atoms with Gasteiger partial charge in [-0.2, -0.15) is 0 Å². The summed E-state index contributed by atoms with van der Waals surface area (Å²) in [6, 6.07) is 5.16. The maximum atomic E-state index is 14.5. The summed E-state index contributed by atoms with van der Waals surface area (Å²) in [5, 5.41) is 10.9. The number of esters is 1. The van der Waals surface area contributed by atoms with E-state index in [1.54, 1.807) is 35.2 Å². The molecule has 0 radical (unpaired) electrons. The van der Waals surface area contributed by atoms with Crippen LogP contribution in [0.3, 0.4) is 0 Å². The first kappa shape index (κ1) is 27.4. The molecule has 3 saturated heterocycles. The maximum Gasteiger partial charge on any atom is 0.313 e. The van der Waals surface area contributed by atoms with Crippen LogP contribution < -0.4 is 4.90 Å². The van der Waals surface area contributed by atoms with E-state index in [1.807, 2.05) is 20.8 Å². The fraction of sp³-hybridized carbons (Fsp3) is 0.536. The van der Waals surface area contributed by atoms with Crippen molar-refractivity contribution in [3.8, 4) is 0 Å². The van der Waals surface area contributed by atoms with Gasteiger partial charge in [0.1, 0.15) is 24.2 Å². The molecule has 37 heavy (non-hydrogen) atoms. The number of ether oxygens (including phenoxy) is 2. The van der Waals surface area contributed by atoms with Crippen LogP contribution >= 0.6 is 11.6 Å². The third-order valence-electron chi connectivity index (χ3n) is 8.08. The minimum Gasteiger partial charge on any atom is -0.461 e. The van der Waals surface area contributed by atoms with E-state index in [2.05, 4.69) is 13.2 Å². The van der Waals surface area contributed by atoms with Gasteiger partial charge in [-0.25, -0.2) is 0 Å². The van der Waals surface area contributed by atoms with Crippen molar-refractivity contribution in [3.63, 3.8) is 0 Å². The molecule has 0 aromatic heterocycles. The molecule has 3 aliphatic heterocycles. The van der Waals surface area contributed by atoms with E-state index >= 15 is 0 Å². The Kier molecular flexibility index (Phi) is 7.57. The zero-order valence-electron chi connectivity index (χ0n) is 21.6. The summed E-state index contributed by atoms with van der Waals surface area (Å²) in [7, 11) is 0.